The Morgan fingerprint density at radius 3 is 2.77 bits per heavy atom. The van der Waals surface area contributed by atoms with E-state index in [9.17, 15) is 4.79 Å². The quantitative estimate of drug-likeness (QED) is 0.599. The minimum absolute atomic E-state index is 0.432. The van der Waals surface area contributed by atoms with Crippen molar-refractivity contribution in [1.82, 2.24) is 0 Å². The van der Waals surface area contributed by atoms with Gasteiger partial charge in [-0.25, -0.2) is 4.79 Å². The average molecular weight is 199 g/mol. The highest BCUT2D eigenvalue weighted by molar-refractivity contribution is 6.32. The SMILES string of the molecule is O=C(O)/C=C/Oc1ccccc1Cl. The maximum Gasteiger partial charge on any atom is 0.331 e. The minimum Gasteiger partial charge on any atom is -0.478 e. The van der Waals surface area contributed by atoms with Gasteiger partial charge < -0.3 is 9.84 Å². The van der Waals surface area contributed by atoms with Gasteiger partial charge in [-0.15, -0.1) is 0 Å². The van der Waals surface area contributed by atoms with Crippen LogP contribution in [0.25, 0.3) is 0 Å². The Morgan fingerprint density at radius 2 is 2.15 bits per heavy atom. The van der Waals surface area contributed by atoms with Gasteiger partial charge in [0.05, 0.1) is 17.4 Å². The van der Waals surface area contributed by atoms with Gasteiger partial charge in [-0.3, -0.25) is 0 Å². The van der Waals surface area contributed by atoms with E-state index in [1.807, 2.05) is 0 Å². The van der Waals surface area contributed by atoms with Crippen molar-refractivity contribution in [3.05, 3.63) is 41.6 Å². The smallest absolute Gasteiger partial charge is 0.331 e. The summed E-state index contributed by atoms with van der Waals surface area (Å²) in [5.41, 5.74) is 0. The summed E-state index contributed by atoms with van der Waals surface area (Å²) in [6.07, 6.45) is 1.97. The third-order valence-electron chi connectivity index (χ3n) is 1.24. The molecule has 0 unspecified atom stereocenters. The normalized spacial score (nSPS) is 10.2. The molecule has 1 rings (SSSR count). The fourth-order valence-corrected chi connectivity index (χ4v) is 0.886. The summed E-state index contributed by atoms with van der Waals surface area (Å²) in [4.78, 5) is 10.1. The van der Waals surface area contributed by atoms with Crippen LogP contribution in [0.15, 0.2) is 36.6 Å². The second-order valence-corrected chi connectivity index (χ2v) is 2.60. The molecule has 0 saturated heterocycles. The monoisotopic (exact) mass is 198 g/mol. The van der Waals surface area contributed by atoms with Crippen molar-refractivity contribution in [3.63, 3.8) is 0 Å². The first kappa shape index (κ1) is 9.61. The Balaban J connectivity index is 2.64. The van der Waals surface area contributed by atoms with Crippen molar-refractivity contribution >= 4 is 17.6 Å². The lowest BCUT2D eigenvalue weighted by Crippen LogP contribution is -1.89. The zero-order valence-corrected chi connectivity index (χ0v) is 7.36. The van der Waals surface area contributed by atoms with Crippen LogP contribution in [-0.4, -0.2) is 11.1 Å². The molecule has 13 heavy (non-hydrogen) atoms. The Morgan fingerprint density at radius 1 is 1.46 bits per heavy atom. The summed E-state index contributed by atoms with van der Waals surface area (Å²) in [7, 11) is 0. The van der Waals surface area contributed by atoms with Crippen LogP contribution in [0.2, 0.25) is 5.02 Å². The number of hydrogen-bond donors (Lipinski definition) is 1. The van der Waals surface area contributed by atoms with Gasteiger partial charge in [0.15, 0.2) is 0 Å². The van der Waals surface area contributed by atoms with Crippen molar-refractivity contribution in [3.8, 4) is 5.75 Å². The summed E-state index contributed by atoms with van der Waals surface area (Å²) in [6, 6.07) is 6.81. The molecule has 0 radical (unpaired) electrons. The van der Waals surface area contributed by atoms with Gasteiger partial charge in [-0.1, -0.05) is 23.7 Å². The van der Waals surface area contributed by atoms with Gasteiger partial charge in [0, 0.05) is 0 Å². The summed E-state index contributed by atoms with van der Waals surface area (Å²) >= 11 is 5.73. The van der Waals surface area contributed by atoms with Gasteiger partial charge >= 0.3 is 5.97 Å². The van der Waals surface area contributed by atoms with E-state index >= 15 is 0 Å². The molecule has 1 aromatic carbocycles. The first-order valence-electron chi connectivity index (χ1n) is 3.51. The second-order valence-electron chi connectivity index (χ2n) is 2.19. The van der Waals surface area contributed by atoms with Crippen LogP contribution < -0.4 is 4.74 Å². The predicted octanol–water partition coefficient (Wildman–Crippen LogP) is 2.32. The first-order valence-corrected chi connectivity index (χ1v) is 3.88. The van der Waals surface area contributed by atoms with Crippen LogP contribution in [0.4, 0.5) is 0 Å². The molecule has 0 heterocycles. The molecule has 0 bridgehead atoms. The van der Waals surface area contributed by atoms with Gasteiger partial charge in [-0.05, 0) is 12.1 Å². The van der Waals surface area contributed by atoms with Gasteiger partial charge in [-0.2, -0.15) is 0 Å². The summed E-state index contributed by atoms with van der Waals surface area (Å²) in [5, 5.41) is 8.70. The molecule has 0 aromatic heterocycles. The maximum absolute atomic E-state index is 10.1. The highest BCUT2D eigenvalue weighted by Crippen LogP contribution is 2.22. The van der Waals surface area contributed by atoms with Gasteiger partial charge in [0.1, 0.15) is 5.75 Å². The van der Waals surface area contributed by atoms with Crippen LogP contribution in [-0.2, 0) is 4.79 Å². The number of carbonyl (C=O) groups is 1. The fraction of sp³-hybridized carbons (Fsp3) is 0. The summed E-state index contributed by atoms with van der Waals surface area (Å²) < 4.78 is 4.95. The molecule has 0 spiro atoms. The summed E-state index contributed by atoms with van der Waals surface area (Å²) in [6.45, 7) is 0. The number of carboxylic acid groups (broad SMARTS) is 1. The van der Waals surface area contributed by atoms with Gasteiger partial charge in [0.25, 0.3) is 0 Å². The molecule has 1 aromatic rings. The van der Waals surface area contributed by atoms with E-state index in [0.717, 1.165) is 12.3 Å². The van der Waals surface area contributed by atoms with Crippen molar-refractivity contribution in [1.29, 1.82) is 0 Å². The molecule has 0 amide bonds. The minimum atomic E-state index is -1.06. The summed E-state index contributed by atoms with van der Waals surface area (Å²) in [5.74, 6) is -0.631. The van der Waals surface area contributed by atoms with E-state index < -0.39 is 5.97 Å². The van der Waals surface area contributed by atoms with Crippen LogP contribution in [0, 0.1) is 0 Å². The number of carboxylic acids is 1. The molecule has 3 nitrogen and oxygen atoms in total. The lowest BCUT2D eigenvalue weighted by atomic mass is 10.3. The van der Waals surface area contributed by atoms with Crippen molar-refractivity contribution in [2.75, 3.05) is 0 Å². The Kier molecular flexibility index (Phi) is 3.34. The molecular weight excluding hydrogens is 192 g/mol. The molecule has 0 aliphatic heterocycles. The van der Waals surface area contributed by atoms with E-state index in [2.05, 4.69) is 0 Å². The van der Waals surface area contributed by atoms with Gasteiger partial charge in [0.2, 0.25) is 0 Å². The lowest BCUT2D eigenvalue weighted by molar-refractivity contribution is -0.131. The molecule has 4 heteroatoms. The number of ether oxygens (including phenoxy) is 1. The van der Waals surface area contributed by atoms with Crippen LogP contribution >= 0.6 is 11.6 Å². The van der Waals surface area contributed by atoms with Crippen LogP contribution in [0.3, 0.4) is 0 Å². The Labute approximate surface area is 80.2 Å². The zero-order valence-electron chi connectivity index (χ0n) is 6.61. The maximum atomic E-state index is 10.1. The number of benzene rings is 1. The van der Waals surface area contributed by atoms with Crippen molar-refractivity contribution in [2.24, 2.45) is 0 Å². The van der Waals surface area contributed by atoms with E-state index in [4.69, 9.17) is 21.4 Å². The Bertz CT molecular complexity index is 333. The highest BCUT2D eigenvalue weighted by atomic mass is 35.5. The molecule has 0 fully saturated rings. The average Bonchev–Trinajstić information content (AvgIpc) is 2.08. The van der Waals surface area contributed by atoms with Crippen molar-refractivity contribution < 1.29 is 14.6 Å². The molecular formula is C9H7ClO3. The molecule has 1 N–H and O–H groups in total. The molecule has 0 saturated carbocycles. The van der Waals surface area contributed by atoms with Crippen molar-refractivity contribution in [2.45, 2.75) is 0 Å². The first-order chi connectivity index (χ1) is 6.20. The number of rotatable bonds is 3. The molecule has 0 aliphatic rings. The number of halogens is 1. The highest BCUT2D eigenvalue weighted by Gasteiger charge is 1.96. The predicted molar refractivity (Wildman–Crippen MR) is 48.9 cm³/mol. The van der Waals surface area contributed by atoms with Crippen LogP contribution in [0.5, 0.6) is 5.75 Å². The second kappa shape index (κ2) is 4.52. The zero-order chi connectivity index (χ0) is 9.68. The number of aliphatic carboxylic acids is 1. The standard InChI is InChI=1S/C9H7ClO3/c10-7-3-1-2-4-8(7)13-6-5-9(11)12/h1-6H,(H,11,12)/b6-5+. The molecule has 0 atom stereocenters. The topological polar surface area (TPSA) is 46.5 Å². The van der Waals surface area contributed by atoms with E-state index in [0.29, 0.717) is 10.8 Å². The number of hydrogen-bond acceptors (Lipinski definition) is 2. The largest absolute Gasteiger partial charge is 0.478 e. The molecule has 0 aliphatic carbocycles. The fourth-order valence-electron chi connectivity index (χ4n) is 0.706. The molecule has 68 valence electrons. The Hall–Kier alpha value is -1.48. The third-order valence-corrected chi connectivity index (χ3v) is 1.55. The van der Waals surface area contributed by atoms with E-state index in [1.54, 1.807) is 24.3 Å². The number of para-hydroxylation sites is 1. The van der Waals surface area contributed by atoms with E-state index in [-0.39, 0.29) is 0 Å². The van der Waals surface area contributed by atoms with Crippen LogP contribution in [0.1, 0.15) is 0 Å². The third kappa shape index (κ3) is 3.17. The van der Waals surface area contributed by atoms with E-state index in [1.165, 1.54) is 0 Å². The lowest BCUT2D eigenvalue weighted by Gasteiger charge is -2.00.